The molecule has 0 amide bonds. The summed E-state index contributed by atoms with van der Waals surface area (Å²) in [5.74, 6) is 1.54. The van der Waals surface area contributed by atoms with Crippen molar-refractivity contribution in [2.24, 2.45) is 5.73 Å². The standard InChI is InChI=1S/C15H16ClNO2/c16-13-5-3-6-14(10-13)18-8-9-19-15-7-2-1-4-12(15)11-17/h1-7,10H,8-9,11,17H2. The summed E-state index contributed by atoms with van der Waals surface area (Å²) in [6.07, 6.45) is 0. The minimum Gasteiger partial charge on any atom is -0.490 e. The number of hydrogen-bond donors (Lipinski definition) is 1. The van der Waals surface area contributed by atoms with Crippen LogP contribution in [0.15, 0.2) is 48.5 Å². The molecule has 0 saturated heterocycles. The summed E-state index contributed by atoms with van der Waals surface area (Å²) in [5, 5.41) is 0.659. The molecule has 3 nitrogen and oxygen atoms in total. The van der Waals surface area contributed by atoms with Crippen molar-refractivity contribution in [1.82, 2.24) is 0 Å². The van der Waals surface area contributed by atoms with Gasteiger partial charge in [0, 0.05) is 17.1 Å². The van der Waals surface area contributed by atoms with Crippen LogP contribution in [-0.4, -0.2) is 13.2 Å². The van der Waals surface area contributed by atoms with Crippen LogP contribution >= 0.6 is 11.6 Å². The lowest BCUT2D eigenvalue weighted by Crippen LogP contribution is -2.10. The SMILES string of the molecule is NCc1ccccc1OCCOc1cccc(Cl)c1. The van der Waals surface area contributed by atoms with Crippen LogP contribution in [-0.2, 0) is 6.54 Å². The van der Waals surface area contributed by atoms with Gasteiger partial charge in [0.2, 0.25) is 0 Å². The van der Waals surface area contributed by atoms with E-state index in [0.717, 1.165) is 17.1 Å². The minimum absolute atomic E-state index is 0.458. The van der Waals surface area contributed by atoms with E-state index >= 15 is 0 Å². The summed E-state index contributed by atoms with van der Waals surface area (Å²) in [7, 11) is 0. The minimum atomic E-state index is 0.458. The number of rotatable bonds is 6. The first kappa shape index (κ1) is 13.7. The first-order valence-electron chi connectivity index (χ1n) is 6.09. The van der Waals surface area contributed by atoms with Crippen molar-refractivity contribution >= 4 is 11.6 Å². The van der Waals surface area contributed by atoms with Crippen molar-refractivity contribution in [1.29, 1.82) is 0 Å². The summed E-state index contributed by atoms with van der Waals surface area (Å²) < 4.78 is 11.2. The molecule has 0 saturated carbocycles. The lowest BCUT2D eigenvalue weighted by Gasteiger charge is -2.11. The van der Waals surface area contributed by atoms with Gasteiger partial charge in [0.25, 0.3) is 0 Å². The molecule has 0 aliphatic carbocycles. The highest BCUT2D eigenvalue weighted by atomic mass is 35.5. The Morgan fingerprint density at radius 3 is 2.53 bits per heavy atom. The van der Waals surface area contributed by atoms with E-state index in [1.54, 1.807) is 6.07 Å². The Morgan fingerprint density at radius 2 is 1.74 bits per heavy atom. The second kappa shape index (κ2) is 7.02. The summed E-state index contributed by atoms with van der Waals surface area (Å²) in [4.78, 5) is 0. The second-order valence-electron chi connectivity index (χ2n) is 3.97. The molecule has 0 aliphatic heterocycles. The first-order valence-corrected chi connectivity index (χ1v) is 6.46. The van der Waals surface area contributed by atoms with E-state index in [4.69, 9.17) is 26.8 Å². The van der Waals surface area contributed by atoms with Crippen LogP contribution in [0, 0.1) is 0 Å². The van der Waals surface area contributed by atoms with E-state index in [0.29, 0.717) is 24.8 Å². The van der Waals surface area contributed by atoms with Crippen LogP contribution in [0.2, 0.25) is 5.02 Å². The molecule has 19 heavy (non-hydrogen) atoms. The van der Waals surface area contributed by atoms with Gasteiger partial charge in [-0.2, -0.15) is 0 Å². The van der Waals surface area contributed by atoms with E-state index < -0.39 is 0 Å². The average molecular weight is 278 g/mol. The van der Waals surface area contributed by atoms with Gasteiger partial charge in [-0.1, -0.05) is 35.9 Å². The molecule has 0 fully saturated rings. The fourth-order valence-corrected chi connectivity index (χ4v) is 1.86. The molecule has 2 rings (SSSR count). The maximum absolute atomic E-state index is 5.87. The highest BCUT2D eigenvalue weighted by molar-refractivity contribution is 6.30. The van der Waals surface area contributed by atoms with Gasteiger partial charge < -0.3 is 15.2 Å². The largest absolute Gasteiger partial charge is 0.490 e. The topological polar surface area (TPSA) is 44.5 Å². The van der Waals surface area contributed by atoms with Gasteiger partial charge in [-0.05, 0) is 24.3 Å². The molecule has 2 aromatic carbocycles. The van der Waals surface area contributed by atoms with E-state index in [1.165, 1.54) is 0 Å². The maximum atomic E-state index is 5.87. The predicted molar refractivity (Wildman–Crippen MR) is 76.8 cm³/mol. The summed E-state index contributed by atoms with van der Waals surface area (Å²) in [6, 6.07) is 15.0. The zero-order valence-corrected chi connectivity index (χ0v) is 11.3. The molecule has 0 radical (unpaired) electrons. The Kier molecular flexibility index (Phi) is 5.07. The molecule has 2 aromatic rings. The molecule has 0 bridgehead atoms. The van der Waals surface area contributed by atoms with Crippen LogP contribution in [0.3, 0.4) is 0 Å². The normalized spacial score (nSPS) is 10.2. The van der Waals surface area contributed by atoms with Crippen LogP contribution in [0.1, 0.15) is 5.56 Å². The van der Waals surface area contributed by atoms with Crippen LogP contribution in [0.4, 0.5) is 0 Å². The van der Waals surface area contributed by atoms with E-state index in [1.807, 2.05) is 42.5 Å². The number of ether oxygens (including phenoxy) is 2. The smallest absolute Gasteiger partial charge is 0.123 e. The van der Waals surface area contributed by atoms with Crippen LogP contribution < -0.4 is 15.2 Å². The maximum Gasteiger partial charge on any atom is 0.123 e. The molecular formula is C15H16ClNO2. The molecule has 4 heteroatoms. The molecule has 0 atom stereocenters. The number of para-hydroxylation sites is 1. The molecule has 0 unspecified atom stereocenters. The Morgan fingerprint density at radius 1 is 0.947 bits per heavy atom. The molecule has 0 heterocycles. The fraction of sp³-hybridized carbons (Fsp3) is 0.200. The van der Waals surface area contributed by atoms with E-state index in [9.17, 15) is 0 Å². The number of benzene rings is 2. The van der Waals surface area contributed by atoms with E-state index in [-0.39, 0.29) is 0 Å². The summed E-state index contributed by atoms with van der Waals surface area (Å²) in [6.45, 7) is 1.38. The van der Waals surface area contributed by atoms with Crippen molar-refractivity contribution in [3.05, 3.63) is 59.1 Å². The highest BCUT2D eigenvalue weighted by Gasteiger charge is 2.01. The monoisotopic (exact) mass is 277 g/mol. The van der Waals surface area contributed by atoms with Crippen LogP contribution in [0.5, 0.6) is 11.5 Å². The zero-order chi connectivity index (χ0) is 13.5. The van der Waals surface area contributed by atoms with Gasteiger partial charge in [-0.25, -0.2) is 0 Å². The highest BCUT2D eigenvalue weighted by Crippen LogP contribution is 2.18. The van der Waals surface area contributed by atoms with Crippen molar-refractivity contribution < 1.29 is 9.47 Å². The van der Waals surface area contributed by atoms with Crippen molar-refractivity contribution in [2.45, 2.75) is 6.54 Å². The molecule has 0 aromatic heterocycles. The van der Waals surface area contributed by atoms with Gasteiger partial charge in [-0.3, -0.25) is 0 Å². The number of nitrogens with two attached hydrogens (primary N) is 1. The van der Waals surface area contributed by atoms with Crippen molar-refractivity contribution in [2.75, 3.05) is 13.2 Å². The van der Waals surface area contributed by atoms with Crippen molar-refractivity contribution in [3.8, 4) is 11.5 Å². The molecule has 0 spiro atoms. The Hall–Kier alpha value is -1.71. The summed E-state index contributed by atoms with van der Waals surface area (Å²) in [5.41, 5.74) is 6.63. The molecule has 0 aliphatic rings. The molecule has 2 N–H and O–H groups in total. The predicted octanol–water partition coefficient (Wildman–Crippen LogP) is 3.26. The average Bonchev–Trinajstić information content (AvgIpc) is 2.44. The molecular weight excluding hydrogens is 262 g/mol. The second-order valence-corrected chi connectivity index (χ2v) is 4.40. The Bertz CT molecular complexity index is 531. The first-order chi connectivity index (χ1) is 9.29. The van der Waals surface area contributed by atoms with Crippen molar-refractivity contribution in [3.63, 3.8) is 0 Å². The van der Waals surface area contributed by atoms with Gasteiger partial charge in [0.1, 0.15) is 24.7 Å². The lowest BCUT2D eigenvalue weighted by atomic mass is 10.2. The number of hydrogen-bond acceptors (Lipinski definition) is 3. The van der Waals surface area contributed by atoms with Gasteiger partial charge in [0.15, 0.2) is 0 Å². The fourth-order valence-electron chi connectivity index (χ4n) is 1.68. The quantitative estimate of drug-likeness (QED) is 0.825. The van der Waals surface area contributed by atoms with Crippen LogP contribution in [0.25, 0.3) is 0 Å². The lowest BCUT2D eigenvalue weighted by molar-refractivity contribution is 0.216. The van der Waals surface area contributed by atoms with Gasteiger partial charge in [0.05, 0.1) is 0 Å². The molecule has 100 valence electrons. The third kappa shape index (κ3) is 4.16. The van der Waals surface area contributed by atoms with E-state index in [2.05, 4.69) is 0 Å². The van der Waals surface area contributed by atoms with Gasteiger partial charge >= 0.3 is 0 Å². The third-order valence-electron chi connectivity index (χ3n) is 2.60. The third-order valence-corrected chi connectivity index (χ3v) is 2.83. The zero-order valence-electron chi connectivity index (χ0n) is 10.5. The summed E-state index contributed by atoms with van der Waals surface area (Å²) >= 11 is 5.87. The van der Waals surface area contributed by atoms with Gasteiger partial charge in [-0.15, -0.1) is 0 Å². The Labute approximate surface area is 117 Å². The Balaban J connectivity index is 1.81. The number of halogens is 1.